The fraction of sp³-hybridized carbons (Fsp3) is 0.192. The highest BCUT2D eigenvalue weighted by Crippen LogP contribution is 2.53. The standard InChI is InChI=1S/C26H20FN3OS2/c1-26(12-19-15-7-3-5-9-18(15)22(26)29-23(19)32)24(31)30-25-28-21(13-33-25)17-10-11-20(27)16-8-4-2-6-14(16)17/h2-11,13,19,22H,12H2,1H3,(H,29,32)(H,28,30,31). The van der Waals surface area contributed by atoms with E-state index in [0.717, 1.165) is 21.5 Å². The quantitative estimate of drug-likeness (QED) is 0.348. The highest BCUT2D eigenvalue weighted by Gasteiger charge is 2.53. The molecule has 1 aromatic heterocycles. The minimum Gasteiger partial charge on any atom is -0.371 e. The maximum Gasteiger partial charge on any atom is 0.234 e. The summed E-state index contributed by atoms with van der Waals surface area (Å²) in [4.78, 5) is 19.0. The van der Waals surface area contributed by atoms with Gasteiger partial charge in [-0.25, -0.2) is 9.37 Å². The third-order valence-corrected chi connectivity index (χ3v) is 8.10. The van der Waals surface area contributed by atoms with Crippen LogP contribution in [0.5, 0.6) is 0 Å². The monoisotopic (exact) mass is 473 g/mol. The Kier molecular flexibility index (Phi) is 4.61. The molecule has 7 heteroatoms. The van der Waals surface area contributed by atoms with Crippen LogP contribution in [0.4, 0.5) is 9.52 Å². The molecule has 1 amide bonds. The van der Waals surface area contributed by atoms with Crippen LogP contribution in [0.25, 0.3) is 22.0 Å². The molecule has 7 rings (SSSR count). The Morgan fingerprint density at radius 3 is 2.67 bits per heavy atom. The highest BCUT2D eigenvalue weighted by molar-refractivity contribution is 7.80. The molecular weight excluding hydrogens is 453 g/mol. The van der Waals surface area contributed by atoms with Gasteiger partial charge in [0.15, 0.2) is 5.13 Å². The lowest BCUT2D eigenvalue weighted by atomic mass is 9.61. The van der Waals surface area contributed by atoms with Crippen LogP contribution in [0.3, 0.4) is 0 Å². The van der Waals surface area contributed by atoms with Gasteiger partial charge in [0.1, 0.15) is 5.82 Å². The fourth-order valence-electron chi connectivity index (χ4n) is 5.20. The van der Waals surface area contributed by atoms with Crippen molar-refractivity contribution in [3.63, 3.8) is 0 Å². The van der Waals surface area contributed by atoms with Gasteiger partial charge in [-0.2, -0.15) is 0 Å². The molecule has 3 heterocycles. The Hall–Kier alpha value is -3.16. The third kappa shape index (κ3) is 3.10. The lowest BCUT2D eigenvalue weighted by Gasteiger charge is -2.50. The number of carbonyl (C=O) groups is 1. The van der Waals surface area contributed by atoms with Crippen molar-refractivity contribution in [2.45, 2.75) is 25.3 Å². The van der Waals surface area contributed by atoms with Crippen molar-refractivity contribution in [1.82, 2.24) is 10.3 Å². The van der Waals surface area contributed by atoms with E-state index < -0.39 is 5.41 Å². The number of amides is 1. The zero-order chi connectivity index (χ0) is 22.7. The van der Waals surface area contributed by atoms with Crippen molar-refractivity contribution in [2.24, 2.45) is 5.41 Å². The number of hydrogen-bond acceptors (Lipinski definition) is 4. The van der Waals surface area contributed by atoms with Gasteiger partial charge in [-0.05, 0) is 42.0 Å². The largest absolute Gasteiger partial charge is 0.371 e. The number of carbonyl (C=O) groups excluding carboxylic acids is 1. The number of benzene rings is 3. The molecule has 2 aliphatic heterocycles. The van der Waals surface area contributed by atoms with Gasteiger partial charge in [0.05, 0.1) is 22.1 Å². The number of thiazole rings is 1. The maximum absolute atomic E-state index is 14.2. The summed E-state index contributed by atoms with van der Waals surface area (Å²) in [5.74, 6) is -0.301. The first-order valence-electron chi connectivity index (χ1n) is 10.8. The minimum absolute atomic E-state index is 0.0365. The van der Waals surface area contributed by atoms with Crippen molar-refractivity contribution < 1.29 is 9.18 Å². The summed E-state index contributed by atoms with van der Waals surface area (Å²) < 4.78 is 14.2. The number of fused-ring (bicyclic) bond motifs is 3. The van der Waals surface area contributed by atoms with Gasteiger partial charge in [0.2, 0.25) is 5.91 Å². The Balaban J connectivity index is 1.30. The molecule has 2 bridgehead atoms. The smallest absolute Gasteiger partial charge is 0.234 e. The molecule has 1 aliphatic carbocycles. The van der Waals surface area contributed by atoms with E-state index in [-0.39, 0.29) is 23.7 Å². The van der Waals surface area contributed by atoms with Crippen LogP contribution in [0.2, 0.25) is 0 Å². The van der Waals surface area contributed by atoms with Gasteiger partial charge in [0, 0.05) is 22.2 Å². The van der Waals surface area contributed by atoms with Crippen molar-refractivity contribution >= 4 is 50.4 Å². The predicted molar refractivity (Wildman–Crippen MR) is 134 cm³/mol. The number of nitrogens with one attached hydrogen (secondary N) is 2. The second kappa shape index (κ2) is 7.43. The summed E-state index contributed by atoms with van der Waals surface area (Å²) in [6, 6.07) is 18.6. The van der Waals surface area contributed by atoms with E-state index in [4.69, 9.17) is 12.2 Å². The van der Waals surface area contributed by atoms with E-state index in [0.29, 0.717) is 22.6 Å². The molecule has 4 aromatic rings. The zero-order valence-electron chi connectivity index (χ0n) is 17.8. The Morgan fingerprint density at radius 2 is 1.85 bits per heavy atom. The van der Waals surface area contributed by atoms with Crippen LogP contribution in [-0.2, 0) is 4.79 Å². The number of anilines is 1. The maximum atomic E-state index is 14.2. The summed E-state index contributed by atoms with van der Waals surface area (Å²) in [6.45, 7) is 1.99. The van der Waals surface area contributed by atoms with Crippen LogP contribution < -0.4 is 10.6 Å². The summed E-state index contributed by atoms with van der Waals surface area (Å²) in [6.07, 6.45) is 0.660. The summed E-state index contributed by atoms with van der Waals surface area (Å²) in [5.41, 5.74) is 3.25. The van der Waals surface area contributed by atoms with Crippen LogP contribution in [-0.4, -0.2) is 15.9 Å². The van der Waals surface area contributed by atoms with E-state index in [1.807, 2.05) is 42.6 Å². The van der Waals surface area contributed by atoms with Crippen LogP contribution >= 0.6 is 23.6 Å². The SMILES string of the molecule is CC1(C(=O)Nc2nc(-c3ccc(F)c4ccccc34)cs2)CC2C(=S)NC1c1ccccc12. The molecular formula is C26H20FN3OS2. The first-order valence-corrected chi connectivity index (χ1v) is 12.1. The third-order valence-electron chi connectivity index (χ3n) is 6.94. The van der Waals surface area contributed by atoms with Gasteiger partial charge in [-0.1, -0.05) is 60.7 Å². The molecule has 3 aromatic carbocycles. The van der Waals surface area contributed by atoms with Gasteiger partial charge in [-0.3, -0.25) is 4.79 Å². The Morgan fingerprint density at radius 1 is 1.12 bits per heavy atom. The molecule has 1 saturated heterocycles. The molecule has 0 radical (unpaired) electrons. The predicted octanol–water partition coefficient (Wildman–Crippen LogP) is 6.21. The normalized spacial score (nSPS) is 23.3. The minimum atomic E-state index is -0.657. The molecule has 33 heavy (non-hydrogen) atoms. The molecule has 3 aliphatic rings. The van der Waals surface area contributed by atoms with Crippen molar-refractivity contribution in [3.05, 3.63) is 83.0 Å². The first kappa shape index (κ1) is 20.4. The molecule has 3 atom stereocenters. The second-order valence-corrected chi connectivity index (χ2v) is 10.2. The Labute approximate surface area is 199 Å². The van der Waals surface area contributed by atoms with Crippen molar-refractivity contribution in [2.75, 3.05) is 5.32 Å². The zero-order valence-corrected chi connectivity index (χ0v) is 19.4. The number of thiocarbonyl (C=S) groups is 1. The first-order chi connectivity index (χ1) is 16.0. The molecule has 4 nitrogen and oxygen atoms in total. The number of hydrogen-bond donors (Lipinski definition) is 2. The molecule has 0 spiro atoms. The van der Waals surface area contributed by atoms with Crippen LogP contribution in [0.15, 0.2) is 66.0 Å². The van der Waals surface area contributed by atoms with Crippen molar-refractivity contribution in [1.29, 1.82) is 0 Å². The number of piperidine rings is 1. The van der Waals surface area contributed by atoms with Crippen LogP contribution in [0.1, 0.15) is 36.4 Å². The van der Waals surface area contributed by atoms with E-state index >= 15 is 0 Å². The number of nitrogens with zero attached hydrogens (tertiary/aromatic N) is 1. The van der Waals surface area contributed by atoms with Gasteiger partial charge in [0.25, 0.3) is 0 Å². The number of halogens is 1. The highest BCUT2D eigenvalue weighted by atomic mass is 32.1. The average Bonchev–Trinajstić information content (AvgIpc) is 3.29. The number of aromatic nitrogens is 1. The molecule has 0 saturated carbocycles. The van der Waals surface area contributed by atoms with Gasteiger partial charge in [-0.15, -0.1) is 11.3 Å². The van der Waals surface area contributed by atoms with E-state index in [1.54, 1.807) is 12.1 Å². The van der Waals surface area contributed by atoms with Crippen LogP contribution in [0, 0.1) is 11.2 Å². The average molecular weight is 474 g/mol. The van der Waals surface area contributed by atoms with Crippen molar-refractivity contribution in [3.8, 4) is 11.3 Å². The second-order valence-electron chi connectivity index (χ2n) is 8.88. The molecule has 2 N–H and O–H groups in total. The lowest BCUT2D eigenvalue weighted by molar-refractivity contribution is -0.127. The molecule has 3 unspecified atom stereocenters. The Bertz CT molecular complexity index is 1450. The number of rotatable bonds is 3. The topological polar surface area (TPSA) is 54.0 Å². The van der Waals surface area contributed by atoms with E-state index in [1.165, 1.54) is 23.0 Å². The van der Waals surface area contributed by atoms with E-state index in [9.17, 15) is 9.18 Å². The fourth-order valence-corrected chi connectivity index (χ4v) is 6.24. The summed E-state index contributed by atoms with van der Waals surface area (Å²) in [5, 5.41) is 10.2. The molecule has 164 valence electrons. The summed E-state index contributed by atoms with van der Waals surface area (Å²) >= 11 is 6.95. The van der Waals surface area contributed by atoms with Gasteiger partial charge >= 0.3 is 0 Å². The van der Waals surface area contributed by atoms with Gasteiger partial charge < -0.3 is 10.6 Å². The van der Waals surface area contributed by atoms with E-state index in [2.05, 4.69) is 27.8 Å². The molecule has 1 fully saturated rings. The summed E-state index contributed by atoms with van der Waals surface area (Å²) in [7, 11) is 0. The lowest BCUT2D eigenvalue weighted by Crippen LogP contribution is -2.56.